The third-order valence-electron chi connectivity index (χ3n) is 6.31. The molecule has 0 spiro atoms. The minimum absolute atomic E-state index is 0.0992. The summed E-state index contributed by atoms with van der Waals surface area (Å²) in [5.74, 6) is -0.144. The lowest BCUT2D eigenvalue weighted by Crippen LogP contribution is -2.50. The molecule has 4 rings (SSSR count). The monoisotopic (exact) mass is 405 g/mol. The van der Waals surface area contributed by atoms with Crippen LogP contribution in [0, 0.1) is 5.92 Å². The van der Waals surface area contributed by atoms with E-state index in [1.807, 2.05) is 23.1 Å². The molecule has 2 aromatic rings. The molecular weight excluding hydrogens is 378 g/mol. The Balaban J connectivity index is 1.34. The molecule has 0 N–H and O–H groups in total. The summed E-state index contributed by atoms with van der Waals surface area (Å²) in [5.41, 5.74) is 1.44. The fourth-order valence-corrected chi connectivity index (χ4v) is 4.74. The van der Waals surface area contributed by atoms with E-state index >= 15 is 0 Å². The number of carbonyl (C=O) groups is 3. The molecule has 2 atom stereocenters. The zero-order valence-corrected chi connectivity index (χ0v) is 17.1. The van der Waals surface area contributed by atoms with Gasteiger partial charge in [-0.05, 0) is 43.7 Å². The van der Waals surface area contributed by atoms with Crippen molar-refractivity contribution >= 4 is 17.7 Å². The Hall–Kier alpha value is -2.95. The number of nitrogens with zero attached hydrogens (tertiary/aromatic N) is 1. The second-order valence-electron chi connectivity index (χ2n) is 8.19. The first kappa shape index (κ1) is 20.3. The van der Waals surface area contributed by atoms with Crippen LogP contribution in [0.15, 0.2) is 54.6 Å². The number of rotatable bonds is 5. The molecule has 1 aliphatic carbocycles. The zero-order valence-electron chi connectivity index (χ0n) is 17.1. The summed E-state index contributed by atoms with van der Waals surface area (Å²) in [6.45, 7) is 0.528. The van der Waals surface area contributed by atoms with Gasteiger partial charge in [-0.1, -0.05) is 55.3 Å². The number of amides is 1. The van der Waals surface area contributed by atoms with Gasteiger partial charge in [0.15, 0.2) is 12.4 Å². The first-order valence-corrected chi connectivity index (χ1v) is 10.8. The number of benzene rings is 2. The van der Waals surface area contributed by atoms with Gasteiger partial charge in [-0.2, -0.15) is 0 Å². The average Bonchev–Trinajstić information content (AvgIpc) is 2.82. The Morgan fingerprint density at radius 2 is 1.43 bits per heavy atom. The number of piperidine rings is 1. The van der Waals surface area contributed by atoms with Crippen molar-refractivity contribution in [2.75, 3.05) is 13.2 Å². The number of hydrogen-bond donors (Lipinski definition) is 0. The average molecular weight is 405 g/mol. The fraction of sp³-hybridized carbons (Fsp3) is 0.400. The van der Waals surface area contributed by atoms with Gasteiger partial charge in [0.25, 0.3) is 5.91 Å². The first-order chi connectivity index (χ1) is 14.6. The maximum Gasteiger partial charge on any atom is 0.338 e. The Morgan fingerprint density at radius 1 is 0.800 bits per heavy atom. The molecule has 2 aromatic carbocycles. The molecular formula is C25H27NO4. The summed E-state index contributed by atoms with van der Waals surface area (Å²) in [6.07, 6.45) is 6.89. The van der Waals surface area contributed by atoms with Gasteiger partial charge in [0, 0.05) is 23.7 Å². The van der Waals surface area contributed by atoms with E-state index in [9.17, 15) is 14.4 Å². The van der Waals surface area contributed by atoms with E-state index in [0.29, 0.717) is 28.7 Å². The van der Waals surface area contributed by atoms with Crippen LogP contribution in [0.4, 0.5) is 0 Å². The molecule has 2 aliphatic rings. The van der Waals surface area contributed by atoms with Crippen molar-refractivity contribution in [3.05, 3.63) is 71.3 Å². The summed E-state index contributed by atoms with van der Waals surface area (Å²) in [7, 11) is 0. The third kappa shape index (κ3) is 4.45. The van der Waals surface area contributed by atoms with Gasteiger partial charge in [0.05, 0.1) is 5.56 Å². The van der Waals surface area contributed by atoms with Gasteiger partial charge in [0.1, 0.15) is 0 Å². The SMILES string of the molecule is O=C(OCC(=O)N1CCC[C@H]2CCCC[C@H]21)c1ccc(C(=O)c2ccccc2)cc1. The predicted molar refractivity (Wildman–Crippen MR) is 113 cm³/mol. The predicted octanol–water partition coefficient (Wildman–Crippen LogP) is 4.26. The standard InChI is InChI=1S/C25H27NO4/c27-23(26-16-6-10-18-7-4-5-11-22(18)26)17-30-25(29)21-14-12-20(13-15-21)24(28)19-8-2-1-3-9-19/h1-3,8-9,12-15,18,22H,4-7,10-11,16-17H2/t18-,22-/m1/s1. The van der Waals surface area contributed by atoms with Crippen molar-refractivity contribution in [3.63, 3.8) is 0 Å². The van der Waals surface area contributed by atoms with Crippen LogP contribution in [0.2, 0.25) is 0 Å². The Morgan fingerprint density at radius 3 is 2.20 bits per heavy atom. The number of hydrogen-bond acceptors (Lipinski definition) is 4. The number of ketones is 1. The molecule has 156 valence electrons. The number of fused-ring (bicyclic) bond motifs is 1. The van der Waals surface area contributed by atoms with Gasteiger partial charge in [0.2, 0.25) is 0 Å². The molecule has 0 aromatic heterocycles. The van der Waals surface area contributed by atoms with E-state index in [2.05, 4.69) is 0 Å². The largest absolute Gasteiger partial charge is 0.452 e. The number of likely N-dealkylation sites (tertiary alicyclic amines) is 1. The second-order valence-corrected chi connectivity index (χ2v) is 8.19. The zero-order chi connectivity index (χ0) is 20.9. The third-order valence-corrected chi connectivity index (χ3v) is 6.31. The van der Waals surface area contributed by atoms with Crippen LogP contribution in [-0.2, 0) is 9.53 Å². The summed E-state index contributed by atoms with van der Waals surface area (Å²) in [4.78, 5) is 39.5. The maximum absolute atomic E-state index is 12.7. The normalized spacial score (nSPS) is 20.9. The van der Waals surface area contributed by atoms with Crippen LogP contribution in [0.1, 0.15) is 64.8 Å². The number of esters is 1. The molecule has 1 aliphatic heterocycles. The van der Waals surface area contributed by atoms with E-state index in [-0.39, 0.29) is 18.3 Å². The van der Waals surface area contributed by atoms with Crippen LogP contribution >= 0.6 is 0 Å². The molecule has 1 saturated carbocycles. The smallest absolute Gasteiger partial charge is 0.338 e. The lowest BCUT2D eigenvalue weighted by molar-refractivity contribution is -0.140. The molecule has 5 heteroatoms. The summed E-state index contributed by atoms with van der Waals surface area (Å²) in [5, 5.41) is 0. The highest BCUT2D eigenvalue weighted by atomic mass is 16.5. The van der Waals surface area contributed by atoms with E-state index in [4.69, 9.17) is 4.74 Å². The highest BCUT2D eigenvalue weighted by Gasteiger charge is 2.35. The molecule has 1 saturated heterocycles. The van der Waals surface area contributed by atoms with Crippen molar-refractivity contribution in [2.45, 2.75) is 44.6 Å². The van der Waals surface area contributed by atoms with Crippen molar-refractivity contribution < 1.29 is 19.1 Å². The van der Waals surface area contributed by atoms with E-state index in [1.54, 1.807) is 36.4 Å². The maximum atomic E-state index is 12.7. The van der Waals surface area contributed by atoms with Crippen molar-refractivity contribution in [2.24, 2.45) is 5.92 Å². The van der Waals surface area contributed by atoms with Crippen molar-refractivity contribution in [1.29, 1.82) is 0 Å². The Labute approximate surface area is 177 Å². The van der Waals surface area contributed by atoms with Gasteiger partial charge in [-0.25, -0.2) is 4.79 Å². The first-order valence-electron chi connectivity index (χ1n) is 10.8. The highest BCUT2D eigenvalue weighted by Crippen LogP contribution is 2.35. The number of ether oxygens (including phenoxy) is 1. The van der Waals surface area contributed by atoms with Crippen molar-refractivity contribution in [1.82, 2.24) is 4.90 Å². The van der Waals surface area contributed by atoms with E-state index in [0.717, 1.165) is 19.4 Å². The minimum atomic E-state index is -0.542. The fourth-order valence-electron chi connectivity index (χ4n) is 4.74. The summed E-state index contributed by atoms with van der Waals surface area (Å²) >= 11 is 0. The quantitative estimate of drug-likeness (QED) is 0.551. The van der Waals surface area contributed by atoms with Gasteiger partial charge < -0.3 is 9.64 Å². The molecule has 2 fully saturated rings. The molecule has 5 nitrogen and oxygen atoms in total. The highest BCUT2D eigenvalue weighted by molar-refractivity contribution is 6.09. The number of carbonyl (C=O) groups excluding carboxylic acids is 3. The van der Waals surface area contributed by atoms with Crippen LogP contribution in [0.3, 0.4) is 0 Å². The van der Waals surface area contributed by atoms with Crippen LogP contribution in [-0.4, -0.2) is 41.8 Å². The Bertz CT molecular complexity index is 905. The van der Waals surface area contributed by atoms with E-state index in [1.165, 1.54) is 25.7 Å². The van der Waals surface area contributed by atoms with E-state index < -0.39 is 5.97 Å². The van der Waals surface area contributed by atoms with Crippen molar-refractivity contribution in [3.8, 4) is 0 Å². The molecule has 0 bridgehead atoms. The summed E-state index contributed by atoms with van der Waals surface area (Å²) < 4.78 is 5.29. The van der Waals surface area contributed by atoms with Crippen LogP contribution in [0.25, 0.3) is 0 Å². The molecule has 1 amide bonds. The molecule has 1 heterocycles. The molecule has 30 heavy (non-hydrogen) atoms. The Kier molecular flexibility index (Phi) is 6.26. The molecule has 0 unspecified atom stereocenters. The topological polar surface area (TPSA) is 63.7 Å². The lowest BCUT2D eigenvalue weighted by Gasteiger charge is -2.44. The molecule has 0 radical (unpaired) electrons. The van der Waals surface area contributed by atoms with Crippen LogP contribution < -0.4 is 0 Å². The van der Waals surface area contributed by atoms with Gasteiger partial charge in [-0.15, -0.1) is 0 Å². The van der Waals surface area contributed by atoms with Gasteiger partial charge >= 0.3 is 5.97 Å². The lowest BCUT2D eigenvalue weighted by atomic mass is 9.78. The second kappa shape index (κ2) is 9.24. The van der Waals surface area contributed by atoms with Crippen LogP contribution in [0.5, 0.6) is 0 Å². The van der Waals surface area contributed by atoms with Gasteiger partial charge in [-0.3, -0.25) is 9.59 Å². The minimum Gasteiger partial charge on any atom is -0.452 e. The summed E-state index contributed by atoms with van der Waals surface area (Å²) in [6, 6.07) is 15.7.